The third-order valence-corrected chi connectivity index (χ3v) is 4.28. The molecule has 2 amide bonds. The van der Waals surface area contributed by atoms with Crippen LogP contribution in [-0.4, -0.2) is 73.1 Å². The second kappa shape index (κ2) is 7.75. The molecule has 6 nitrogen and oxygen atoms in total. The Morgan fingerprint density at radius 2 is 2.00 bits per heavy atom. The molecule has 2 aliphatic rings. The summed E-state index contributed by atoms with van der Waals surface area (Å²) in [6, 6.07) is 0.222. The molecule has 0 aromatic rings. The van der Waals surface area contributed by atoms with Crippen molar-refractivity contribution in [2.24, 2.45) is 0 Å². The second-order valence-electron chi connectivity index (χ2n) is 5.98. The zero-order chi connectivity index (χ0) is 15.2. The maximum Gasteiger partial charge on any atom is 0.251 e. The summed E-state index contributed by atoms with van der Waals surface area (Å²) in [6.45, 7) is 8.08. The van der Waals surface area contributed by atoms with Crippen molar-refractivity contribution < 1.29 is 14.3 Å². The number of carbonyl (C=O) groups is 2. The predicted molar refractivity (Wildman–Crippen MR) is 79.9 cm³/mol. The Kier molecular flexibility index (Phi) is 5.99. The van der Waals surface area contributed by atoms with Gasteiger partial charge in [-0.3, -0.25) is 14.5 Å². The molecule has 0 aromatic carbocycles. The second-order valence-corrected chi connectivity index (χ2v) is 5.98. The molecule has 0 aliphatic carbocycles. The van der Waals surface area contributed by atoms with E-state index in [1.54, 1.807) is 0 Å². The molecule has 2 aliphatic heterocycles. The van der Waals surface area contributed by atoms with Gasteiger partial charge in [0.1, 0.15) is 6.10 Å². The van der Waals surface area contributed by atoms with Crippen LogP contribution in [0.4, 0.5) is 0 Å². The molecule has 2 rings (SSSR count). The van der Waals surface area contributed by atoms with Gasteiger partial charge in [0.15, 0.2) is 0 Å². The fourth-order valence-electron chi connectivity index (χ4n) is 2.73. The Balaban J connectivity index is 1.70. The summed E-state index contributed by atoms with van der Waals surface area (Å²) in [6.07, 6.45) is 2.53. The van der Waals surface area contributed by atoms with Crippen LogP contribution in [0.1, 0.15) is 33.1 Å². The lowest BCUT2D eigenvalue weighted by atomic mass is 10.2. The average molecular weight is 297 g/mol. The lowest BCUT2D eigenvalue weighted by Gasteiger charge is -2.35. The highest BCUT2D eigenvalue weighted by Gasteiger charge is 2.30. The third-order valence-electron chi connectivity index (χ3n) is 4.28. The van der Waals surface area contributed by atoms with Crippen molar-refractivity contribution in [1.82, 2.24) is 15.1 Å². The number of nitrogens with one attached hydrogen (secondary N) is 1. The van der Waals surface area contributed by atoms with Gasteiger partial charge in [-0.05, 0) is 26.2 Å². The third kappa shape index (κ3) is 4.68. The molecular formula is C15H27N3O3. The minimum atomic E-state index is -0.231. The van der Waals surface area contributed by atoms with E-state index in [1.165, 1.54) is 0 Å². The number of hydrogen-bond donors (Lipinski definition) is 1. The molecule has 0 saturated carbocycles. The minimum Gasteiger partial charge on any atom is -0.368 e. The SMILES string of the molecule is CCC(C)NC(=O)CN1CCN(C(=O)C2CCCO2)CC1. The van der Waals surface area contributed by atoms with Gasteiger partial charge >= 0.3 is 0 Å². The van der Waals surface area contributed by atoms with Crippen LogP contribution < -0.4 is 5.32 Å². The van der Waals surface area contributed by atoms with Gasteiger partial charge in [0.2, 0.25) is 5.91 Å². The lowest BCUT2D eigenvalue weighted by Crippen LogP contribution is -2.53. The molecule has 0 spiro atoms. The van der Waals surface area contributed by atoms with Crippen LogP contribution in [-0.2, 0) is 14.3 Å². The minimum absolute atomic E-state index is 0.0725. The Morgan fingerprint density at radius 1 is 1.29 bits per heavy atom. The van der Waals surface area contributed by atoms with E-state index in [9.17, 15) is 9.59 Å². The molecule has 2 heterocycles. The van der Waals surface area contributed by atoms with Gasteiger partial charge < -0.3 is 15.0 Å². The van der Waals surface area contributed by atoms with Gasteiger partial charge in [0.05, 0.1) is 6.54 Å². The van der Waals surface area contributed by atoms with E-state index in [2.05, 4.69) is 17.1 Å². The molecule has 6 heteroatoms. The Labute approximate surface area is 126 Å². The number of hydrogen-bond acceptors (Lipinski definition) is 4. The van der Waals surface area contributed by atoms with E-state index in [-0.39, 0.29) is 24.0 Å². The van der Waals surface area contributed by atoms with Crippen molar-refractivity contribution in [2.75, 3.05) is 39.3 Å². The highest BCUT2D eigenvalue weighted by molar-refractivity contribution is 5.81. The maximum atomic E-state index is 12.2. The summed E-state index contributed by atoms with van der Waals surface area (Å²) in [5.74, 6) is 0.194. The van der Waals surface area contributed by atoms with Gasteiger partial charge in [-0.25, -0.2) is 0 Å². The van der Waals surface area contributed by atoms with Gasteiger partial charge in [0.25, 0.3) is 5.91 Å². The van der Waals surface area contributed by atoms with Crippen LogP contribution in [0.5, 0.6) is 0 Å². The van der Waals surface area contributed by atoms with Crippen molar-refractivity contribution in [3.05, 3.63) is 0 Å². The molecule has 2 saturated heterocycles. The summed E-state index contributed by atoms with van der Waals surface area (Å²) in [4.78, 5) is 28.1. The van der Waals surface area contributed by atoms with Gasteiger partial charge in [-0.15, -0.1) is 0 Å². The van der Waals surface area contributed by atoms with Crippen molar-refractivity contribution in [2.45, 2.75) is 45.3 Å². The quantitative estimate of drug-likeness (QED) is 0.789. The smallest absolute Gasteiger partial charge is 0.251 e. The highest BCUT2D eigenvalue weighted by Crippen LogP contribution is 2.15. The Morgan fingerprint density at radius 3 is 2.57 bits per heavy atom. The molecule has 120 valence electrons. The first kappa shape index (κ1) is 16.2. The van der Waals surface area contributed by atoms with Crippen LogP contribution in [0.25, 0.3) is 0 Å². The number of carbonyl (C=O) groups excluding carboxylic acids is 2. The Bertz CT molecular complexity index is 361. The van der Waals surface area contributed by atoms with Crippen LogP contribution in [0, 0.1) is 0 Å². The predicted octanol–water partition coefficient (Wildman–Crippen LogP) is 0.224. The van der Waals surface area contributed by atoms with Crippen LogP contribution in [0.2, 0.25) is 0 Å². The summed E-state index contributed by atoms with van der Waals surface area (Å²) in [5, 5.41) is 2.97. The molecule has 2 fully saturated rings. The van der Waals surface area contributed by atoms with E-state index in [1.807, 2.05) is 11.8 Å². The Hall–Kier alpha value is -1.14. The molecule has 0 bridgehead atoms. The number of nitrogens with zero attached hydrogens (tertiary/aromatic N) is 2. The van der Waals surface area contributed by atoms with E-state index in [0.29, 0.717) is 26.2 Å². The number of ether oxygens (including phenoxy) is 1. The van der Waals surface area contributed by atoms with E-state index >= 15 is 0 Å². The molecular weight excluding hydrogens is 270 g/mol. The summed E-state index contributed by atoms with van der Waals surface area (Å²) >= 11 is 0. The number of piperazine rings is 1. The van der Waals surface area contributed by atoms with E-state index < -0.39 is 0 Å². The zero-order valence-corrected chi connectivity index (χ0v) is 13.1. The van der Waals surface area contributed by atoms with Gasteiger partial charge in [-0.1, -0.05) is 6.92 Å². The monoisotopic (exact) mass is 297 g/mol. The van der Waals surface area contributed by atoms with E-state index in [4.69, 9.17) is 4.74 Å². The van der Waals surface area contributed by atoms with Crippen LogP contribution in [0.3, 0.4) is 0 Å². The number of rotatable bonds is 5. The largest absolute Gasteiger partial charge is 0.368 e. The van der Waals surface area contributed by atoms with Crippen molar-refractivity contribution in [3.8, 4) is 0 Å². The lowest BCUT2D eigenvalue weighted by molar-refractivity contribution is -0.142. The van der Waals surface area contributed by atoms with E-state index in [0.717, 1.165) is 32.4 Å². The maximum absolute atomic E-state index is 12.2. The molecule has 21 heavy (non-hydrogen) atoms. The van der Waals surface area contributed by atoms with Gasteiger partial charge in [-0.2, -0.15) is 0 Å². The van der Waals surface area contributed by atoms with Crippen molar-refractivity contribution >= 4 is 11.8 Å². The van der Waals surface area contributed by atoms with Gasteiger partial charge in [0, 0.05) is 38.8 Å². The number of amides is 2. The summed E-state index contributed by atoms with van der Waals surface area (Å²) < 4.78 is 5.45. The summed E-state index contributed by atoms with van der Waals surface area (Å²) in [7, 11) is 0. The average Bonchev–Trinajstić information content (AvgIpc) is 3.01. The molecule has 2 atom stereocenters. The first-order valence-corrected chi connectivity index (χ1v) is 8.02. The normalized spacial score (nSPS) is 24.9. The first-order valence-electron chi connectivity index (χ1n) is 8.02. The first-order chi connectivity index (χ1) is 10.1. The van der Waals surface area contributed by atoms with Crippen LogP contribution >= 0.6 is 0 Å². The zero-order valence-electron chi connectivity index (χ0n) is 13.1. The van der Waals surface area contributed by atoms with Crippen molar-refractivity contribution in [1.29, 1.82) is 0 Å². The summed E-state index contributed by atoms with van der Waals surface area (Å²) in [5.41, 5.74) is 0. The fraction of sp³-hybridized carbons (Fsp3) is 0.867. The highest BCUT2D eigenvalue weighted by atomic mass is 16.5. The molecule has 1 N–H and O–H groups in total. The van der Waals surface area contributed by atoms with Crippen molar-refractivity contribution in [3.63, 3.8) is 0 Å². The standard InChI is InChI=1S/C15H27N3O3/c1-3-12(2)16-14(19)11-17-6-8-18(9-7-17)15(20)13-5-4-10-21-13/h12-13H,3-11H2,1-2H3,(H,16,19). The van der Waals surface area contributed by atoms with Crippen LogP contribution in [0.15, 0.2) is 0 Å². The molecule has 0 aromatic heterocycles. The fourth-order valence-corrected chi connectivity index (χ4v) is 2.73. The topological polar surface area (TPSA) is 61.9 Å². The molecule has 2 unspecified atom stereocenters. The molecule has 0 radical (unpaired) electrons.